The maximum Gasteiger partial charge on any atom is 0.409 e. The number of rotatable bonds is 3. The average molecular weight is 257 g/mol. The van der Waals surface area contributed by atoms with Crippen molar-refractivity contribution in [2.75, 3.05) is 46.4 Å². The maximum atomic E-state index is 11.7. The third-order valence-corrected chi connectivity index (χ3v) is 3.80. The molecule has 0 saturated carbocycles. The molecule has 2 atom stereocenters. The standard InChI is InChI=1S/C12H23N3O3/c1-18-12(17)15-8-10(13-6-11(15)9-16)7-14-4-2-3-5-14/h10-11,13,16H,2-9H2,1H3/t10-,11+/m1/s1. The normalized spacial score (nSPS) is 29.6. The van der Waals surface area contributed by atoms with Crippen molar-refractivity contribution in [3.8, 4) is 0 Å². The smallest absolute Gasteiger partial charge is 0.409 e. The molecule has 0 bridgehead atoms. The summed E-state index contributed by atoms with van der Waals surface area (Å²) in [7, 11) is 1.38. The van der Waals surface area contributed by atoms with Gasteiger partial charge in [-0.2, -0.15) is 0 Å². The number of piperazine rings is 1. The molecule has 0 aliphatic carbocycles. The number of methoxy groups -OCH3 is 1. The number of aliphatic hydroxyl groups excluding tert-OH is 1. The lowest BCUT2D eigenvalue weighted by atomic mass is 10.1. The Morgan fingerprint density at radius 1 is 1.44 bits per heavy atom. The Labute approximate surface area is 108 Å². The molecule has 0 spiro atoms. The zero-order chi connectivity index (χ0) is 13.0. The molecule has 6 nitrogen and oxygen atoms in total. The molecule has 2 heterocycles. The van der Waals surface area contributed by atoms with E-state index >= 15 is 0 Å². The van der Waals surface area contributed by atoms with Crippen LogP contribution in [0.15, 0.2) is 0 Å². The summed E-state index contributed by atoms with van der Waals surface area (Å²) in [6, 6.07) is 0.0947. The topological polar surface area (TPSA) is 65.0 Å². The van der Waals surface area contributed by atoms with Crippen molar-refractivity contribution in [3.05, 3.63) is 0 Å². The fourth-order valence-electron chi connectivity index (χ4n) is 2.77. The number of carbonyl (C=O) groups is 1. The minimum atomic E-state index is -0.345. The van der Waals surface area contributed by atoms with E-state index in [0.29, 0.717) is 13.1 Å². The van der Waals surface area contributed by atoms with Crippen molar-refractivity contribution in [2.45, 2.75) is 24.9 Å². The SMILES string of the molecule is COC(=O)N1C[C@@H](CN2CCCC2)NC[C@H]1CO. The Morgan fingerprint density at radius 2 is 2.17 bits per heavy atom. The van der Waals surface area contributed by atoms with E-state index in [1.54, 1.807) is 4.90 Å². The number of ether oxygens (including phenoxy) is 1. The Bertz CT molecular complexity index is 282. The molecule has 104 valence electrons. The first-order chi connectivity index (χ1) is 8.74. The van der Waals surface area contributed by atoms with Gasteiger partial charge in [-0.05, 0) is 25.9 Å². The van der Waals surface area contributed by atoms with Crippen molar-refractivity contribution < 1.29 is 14.6 Å². The molecule has 2 fully saturated rings. The van der Waals surface area contributed by atoms with Crippen LogP contribution in [0.25, 0.3) is 0 Å². The van der Waals surface area contributed by atoms with E-state index in [1.807, 2.05) is 0 Å². The van der Waals surface area contributed by atoms with Gasteiger partial charge in [0, 0.05) is 25.7 Å². The van der Waals surface area contributed by atoms with Crippen molar-refractivity contribution in [2.24, 2.45) is 0 Å². The predicted molar refractivity (Wildman–Crippen MR) is 67.4 cm³/mol. The first-order valence-corrected chi connectivity index (χ1v) is 6.65. The maximum absolute atomic E-state index is 11.7. The predicted octanol–water partition coefficient (Wildman–Crippen LogP) is -0.517. The monoisotopic (exact) mass is 257 g/mol. The highest BCUT2D eigenvalue weighted by Gasteiger charge is 2.32. The van der Waals surface area contributed by atoms with Gasteiger partial charge in [0.2, 0.25) is 0 Å². The van der Waals surface area contributed by atoms with Crippen LogP contribution < -0.4 is 5.32 Å². The van der Waals surface area contributed by atoms with Gasteiger partial charge in [-0.25, -0.2) is 4.79 Å². The zero-order valence-corrected chi connectivity index (χ0v) is 11.0. The summed E-state index contributed by atoms with van der Waals surface area (Å²) in [4.78, 5) is 15.7. The lowest BCUT2D eigenvalue weighted by molar-refractivity contribution is 0.0555. The number of amides is 1. The Hall–Kier alpha value is -0.850. The van der Waals surface area contributed by atoms with E-state index < -0.39 is 0 Å². The summed E-state index contributed by atoms with van der Waals surface area (Å²) >= 11 is 0. The summed E-state index contributed by atoms with van der Waals surface area (Å²) in [6.07, 6.45) is 2.20. The quantitative estimate of drug-likeness (QED) is 0.712. The van der Waals surface area contributed by atoms with Gasteiger partial charge in [0.1, 0.15) is 0 Å². The van der Waals surface area contributed by atoms with Gasteiger partial charge in [-0.3, -0.25) is 0 Å². The molecule has 2 aliphatic heterocycles. The Morgan fingerprint density at radius 3 is 2.78 bits per heavy atom. The second-order valence-electron chi connectivity index (χ2n) is 5.07. The van der Waals surface area contributed by atoms with Crippen molar-refractivity contribution in [3.63, 3.8) is 0 Å². The molecular weight excluding hydrogens is 234 g/mol. The van der Waals surface area contributed by atoms with Gasteiger partial charge in [-0.1, -0.05) is 0 Å². The largest absolute Gasteiger partial charge is 0.453 e. The van der Waals surface area contributed by atoms with E-state index in [9.17, 15) is 9.90 Å². The van der Waals surface area contributed by atoms with Gasteiger partial charge in [0.15, 0.2) is 0 Å². The van der Waals surface area contributed by atoms with Crippen LogP contribution in [0.3, 0.4) is 0 Å². The van der Waals surface area contributed by atoms with E-state index in [4.69, 9.17) is 4.74 Å². The molecule has 1 amide bonds. The minimum absolute atomic E-state index is 0.0292. The average Bonchev–Trinajstić information content (AvgIpc) is 2.90. The number of hydrogen-bond acceptors (Lipinski definition) is 5. The summed E-state index contributed by atoms with van der Waals surface area (Å²) < 4.78 is 4.77. The highest BCUT2D eigenvalue weighted by atomic mass is 16.5. The molecular formula is C12H23N3O3. The Balaban J connectivity index is 1.89. The van der Waals surface area contributed by atoms with Gasteiger partial charge >= 0.3 is 6.09 Å². The van der Waals surface area contributed by atoms with E-state index in [-0.39, 0.29) is 24.8 Å². The molecule has 0 unspecified atom stereocenters. The van der Waals surface area contributed by atoms with Crippen LogP contribution in [-0.4, -0.2) is 79.5 Å². The molecule has 2 saturated heterocycles. The number of nitrogens with one attached hydrogen (secondary N) is 1. The van der Waals surface area contributed by atoms with Gasteiger partial charge in [-0.15, -0.1) is 0 Å². The highest BCUT2D eigenvalue weighted by molar-refractivity contribution is 5.68. The third-order valence-electron chi connectivity index (χ3n) is 3.80. The molecule has 2 rings (SSSR count). The number of carbonyl (C=O) groups excluding carboxylic acids is 1. The first-order valence-electron chi connectivity index (χ1n) is 6.65. The van der Waals surface area contributed by atoms with Crippen LogP contribution in [0, 0.1) is 0 Å². The molecule has 6 heteroatoms. The molecule has 0 aromatic rings. The second kappa shape index (κ2) is 6.36. The fourth-order valence-corrected chi connectivity index (χ4v) is 2.77. The molecule has 0 aromatic carbocycles. The zero-order valence-electron chi connectivity index (χ0n) is 11.0. The van der Waals surface area contributed by atoms with E-state index in [2.05, 4.69) is 10.2 Å². The summed E-state index contributed by atoms with van der Waals surface area (Å²) in [5.74, 6) is 0. The van der Waals surface area contributed by atoms with Crippen LogP contribution >= 0.6 is 0 Å². The van der Waals surface area contributed by atoms with Crippen molar-refractivity contribution >= 4 is 6.09 Å². The number of nitrogens with zero attached hydrogens (tertiary/aromatic N) is 2. The fraction of sp³-hybridized carbons (Fsp3) is 0.917. The lowest BCUT2D eigenvalue weighted by Gasteiger charge is -2.39. The summed E-state index contributed by atoms with van der Waals surface area (Å²) in [5.41, 5.74) is 0. The number of hydrogen-bond donors (Lipinski definition) is 2. The molecule has 2 N–H and O–H groups in total. The summed E-state index contributed by atoms with van der Waals surface area (Å²) in [5, 5.41) is 12.7. The molecule has 0 radical (unpaired) electrons. The van der Waals surface area contributed by atoms with Crippen LogP contribution in [0.2, 0.25) is 0 Å². The molecule has 0 aromatic heterocycles. The van der Waals surface area contributed by atoms with Gasteiger partial charge < -0.3 is 25.0 Å². The molecule has 18 heavy (non-hydrogen) atoms. The highest BCUT2D eigenvalue weighted by Crippen LogP contribution is 2.12. The molecule has 2 aliphatic rings. The minimum Gasteiger partial charge on any atom is -0.453 e. The van der Waals surface area contributed by atoms with Gasteiger partial charge in [0.05, 0.1) is 19.8 Å². The van der Waals surface area contributed by atoms with Crippen molar-refractivity contribution in [1.82, 2.24) is 15.1 Å². The summed E-state index contributed by atoms with van der Waals surface area (Å²) in [6.45, 7) is 4.47. The van der Waals surface area contributed by atoms with Crippen LogP contribution in [0.5, 0.6) is 0 Å². The lowest BCUT2D eigenvalue weighted by Crippen LogP contribution is -2.61. The first kappa shape index (κ1) is 13.6. The van der Waals surface area contributed by atoms with E-state index in [0.717, 1.165) is 19.6 Å². The third kappa shape index (κ3) is 3.13. The Kier molecular flexibility index (Phi) is 4.79. The van der Waals surface area contributed by atoms with Crippen molar-refractivity contribution in [1.29, 1.82) is 0 Å². The van der Waals surface area contributed by atoms with Crippen LogP contribution in [-0.2, 0) is 4.74 Å². The number of likely N-dealkylation sites (tertiary alicyclic amines) is 1. The van der Waals surface area contributed by atoms with Crippen LogP contribution in [0.4, 0.5) is 4.79 Å². The van der Waals surface area contributed by atoms with Gasteiger partial charge in [0.25, 0.3) is 0 Å². The van der Waals surface area contributed by atoms with Crippen LogP contribution in [0.1, 0.15) is 12.8 Å². The van der Waals surface area contributed by atoms with E-state index in [1.165, 1.54) is 20.0 Å². The number of aliphatic hydroxyl groups is 1. The second-order valence-corrected chi connectivity index (χ2v) is 5.07.